The molecule has 1 amide bonds. The van der Waals surface area contributed by atoms with Crippen molar-refractivity contribution in [2.45, 2.75) is 25.7 Å². The Morgan fingerprint density at radius 2 is 1.67 bits per heavy atom. The molecule has 1 saturated heterocycles. The van der Waals surface area contributed by atoms with E-state index in [4.69, 9.17) is 0 Å². The molecule has 0 spiro atoms. The number of aromatic amines is 1. The molecule has 1 aliphatic heterocycles. The third-order valence-electron chi connectivity index (χ3n) is 5.39. The van der Waals surface area contributed by atoms with E-state index in [1.807, 2.05) is 30.0 Å². The molecule has 1 fully saturated rings. The summed E-state index contributed by atoms with van der Waals surface area (Å²) in [7, 11) is 0. The van der Waals surface area contributed by atoms with Gasteiger partial charge >= 0.3 is 5.69 Å². The lowest BCUT2D eigenvalue weighted by Crippen LogP contribution is -2.37. The molecule has 0 atom stereocenters. The first-order valence-electron chi connectivity index (χ1n) is 9.35. The van der Waals surface area contributed by atoms with Crippen molar-refractivity contribution in [1.82, 2.24) is 14.5 Å². The maximum atomic E-state index is 12.8. The maximum absolute atomic E-state index is 12.8. The smallest absolute Gasteiger partial charge is 0.330 e. The first kappa shape index (κ1) is 17.3. The van der Waals surface area contributed by atoms with Gasteiger partial charge in [0, 0.05) is 30.5 Å². The first-order chi connectivity index (χ1) is 13.1. The van der Waals surface area contributed by atoms with Gasteiger partial charge < -0.3 is 9.88 Å². The van der Waals surface area contributed by atoms with Crippen LogP contribution in [0.1, 0.15) is 40.4 Å². The van der Waals surface area contributed by atoms with Crippen LogP contribution in [0.2, 0.25) is 0 Å². The van der Waals surface area contributed by atoms with Gasteiger partial charge in [0.1, 0.15) is 0 Å². The molecule has 3 aromatic rings. The van der Waals surface area contributed by atoms with Crippen molar-refractivity contribution in [2.24, 2.45) is 0 Å². The molecule has 2 aromatic carbocycles. The van der Waals surface area contributed by atoms with Gasteiger partial charge in [-0.15, -0.1) is 0 Å². The lowest BCUT2D eigenvalue weighted by Gasteiger charge is -2.32. The number of nitrogens with zero attached hydrogens (tertiary/aromatic N) is 2. The summed E-state index contributed by atoms with van der Waals surface area (Å²) in [5.74, 6) is 0.590. The molecule has 138 valence electrons. The molecule has 5 heteroatoms. The van der Waals surface area contributed by atoms with Crippen LogP contribution in [-0.2, 0) is 0 Å². The highest BCUT2D eigenvalue weighted by Gasteiger charge is 2.24. The van der Waals surface area contributed by atoms with E-state index in [1.54, 1.807) is 22.9 Å². The molecular weight excluding hydrogens is 338 g/mol. The fourth-order valence-corrected chi connectivity index (χ4v) is 3.85. The molecule has 1 aliphatic rings. The summed E-state index contributed by atoms with van der Waals surface area (Å²) in [6.45, 7) is 3.42. The second-order valence-corrected chi connectivity index (χ2v) is 7.09. The van der Waals surface area contributed by atoms with E-state index in [0.29, 0.717) is 11.5 Å². The number of carbonyl (C=O) groups excluding carboxylic acids is 1. The summed E-state index contributed by atoms with van der Waals surface area (Å²) in [6, 6.07) is 17.8. The average molecular weight is 361 g/mol. The Bertz CT molecular complexity index is 978. The number of rotatable bonds is 3. The zero-order valence-corrected chi connectivity index (χ0v) is 15.4. The molecule has 2 heterocycles. The summed E-state index contributed by atoms with van der Waals surface area (Å²) in [4.78, 5) is 29.3. The van der Waals surface area contributed by atoms with Gasteiger partial charge in [-0.25, -0.2) is 4.79 Å². The third kappa shape index (κ3) is 3.45. The van der Waals surface area contributed by atoms with Crippen LogP contribution in [0.3, 0.4) is 0 Å². The molecule has 1 aromatic heterocycles. The number of imidazole rings is 1. The third-order valence-corrected chi connectivity index (χ3v) is 5.39. The normalized spacial score (nSPS) is 15.1. The molecule has 0 unspecified atom stereocenters. The number of likely N-dealkylation sites (tertiary alicyclic amines) is 1. The topological polar surface area (TPSA) is 58.1 Å². The Morgan fingerprint density at radius 1 is 1.00 bits per heavy atom. The highest BCUT2D eigenvalue weighted by Crippen LogP contribution is 2.28. The largest absolute Gasteiger partial charge is 0.339 e. The Balaban J connectivity index is 1.44. The van der Waals surface area contributed by atoms with E-state index in [0.717, 1.165) is 37.3 Å². The second-order valence-electron chi connectivity index (χ2n) is 7.09. The molecule has 0 radical (unpaired) electrons. The predicted molar refractivity (Wildman–Crippen MR) is 105 cm³/mol. The molecule has 0 bridgehead atoms. The van der Waals surface area contributed by atoms with E-state index in [-0.39, 0.29) is 11.6 Å². The number of hydrogen-bond donors (Lipinski definition) is 1. The van der Waals surface area contributed by atoms with Crippen LogP contribution < -0.4 is 5.69 Å². The number of carbonyl (C=O) groups is 1. The molecule has 27 heavy (non-hydrogen) atoms. The quantitative estimate of drug-likeness (QED) is 0.776. The zero-order chi connectivity index (χ0) is 18.8. The fraction of sp³-hybridized carbons (Fsp3) is 0.273. The predicted octanol–water partition coefficient (Wildman–Crippen LogP) is 3.49. The van der Waals surface area contributed by atoms with Crippen LogP contribution in [0.5, 0.6) is 0 Å². The lowest BCUT2D eigenvalue weighted by molar-refractivity contribution is 0.0713. The minimum Gasteiger partial charge on any atom is -0.339 e. The van der Waals surface area contributed by atoms with Crippen LogP contribution in [-0.4, -0.2) is 33.4 Å². The number of aromatic nitrogens is 2. The zero-order valence-electron chi connectivity index (χ0n) is 15.4. The Hall–Kier alpha value is -3.08. The van der Waals surface area contributed by atoms with Crippen LogP contribution in [0.25, 0.3) is 5.69 Å². The number of amides is 1. The molecular formula is C22H23N3O2. The highest BCUT2D eigenvalue weighted by atomic mass is 16.2. The lowest BCUT2D eigenvalue weighted by atomic mass is 9.89. The Labute approximate surface area is 158 Å². The maximum Gasteiger partial charge on any atom is 0.330 e. The second kappa shape index (κ2) is 7.27. The molecule has 5 nitrogen and oxygen atoms in total. The fourth-order valence-electron chi connectivity index (χ4n) is 3.85. The number of benzene rings is 2. The number of aryl methyl sites for hydroxylation is 1. The molecule has 0 aliphatic carbocycles. The summed E-state index contributed by atoms with van der Waals surface area (Å²) in [6.07, 6.45) is 3.66. The number of piperidine rings is 1. The van der Waals surface area contributed by atoms with E-state index in [9.17, 15) is 9.59 Å². The van der Waals surface area contributed by atoms with Gasteiger partial charge in [-0.1, -0.05) is 30.3 Å². The Kier molecular flexibility index (Phi) is 4.67. The van der Waals surface area contributed by atoms with E-state index >= 15 is 0 Å². The van der Waals surface area contributed by atoms with Crippen molar-refractivity contribution in [1.29, 1.82) is 0 Å². The molecule has 4 rings (SSSR count). The number of nitrogens with one attached hydrogen (secondary N) is 1. The van der Waals surface area contributed by atoms with Crippen molar-refractivity contribution in [3.05, 3.63) is 88.1 Å². The van der Waals surface area contributed by atoms with Gasteiger partial charge in [0.25, 0.3) is 5.91 Å². The van der Waals surface area contributed by atoms with Crippen LogP contribution in [0.15, 0.2) is 65.6 Å². The van der Waals surface area contributed by atoms with Gasteiger partial charge in [-0.2, -0.15) is 0 Å². The van der Waals surface area contributed by atoms with Crippen molar-refractivity contribution in [3.63, 3.8) is 0 Å². The first-order valence-corrected chi connectivity index (χ1v) is 9.35. The summed E-state index contributed by atoms with van der Waals surface area (Å²) in [5, 5.41) is 0. The summed E-state index contributed by atoms with van der Waals surface area (Å²) >= 11 is 0. The van der Waals surface area contributed by atoms with Crippen molar-refractivity contribution < 1.29 is 4.79 Å². The number of hydrogen-bond acceptors (Lipinski definition) is 2. The Morgan fingerprint density at radius 3 is 2.26 bits per heavy atom. The van der Waals surface area contributed by atoms with Gasteiger partial charge in [0.15, 0.2) is 0 Å². The highest BCUT2D eigenvalue weighted by molar-refractivity contribution is 5.94. The van der Waals surface area contributed by atoms with Gasteiger partial charge in [-0.05, 0) is 55.5 Å². The monoisotopic (exact) mass is 361 g/mol. The van der Waals surface area contributed by atoms with Crippen molar-refractivity contribution in [3.8, 4) is 5.69 Å². The minimum atomic E-state index is -0.172. The average Bonchev–Trinajstić information content (AvgIpc) is 3.06. The van der Waals surface area contributed by atoms with Gasteiger partial charge in [0.05, 0.1) is 5.69 Å². The van der Waals surface area contributed by atoms with E-state index < -0.39 is 0 Å². The summed E-state index contributed by atoms with van der Waals surface area (Å²) < 4.78 is 1.60. The SMILES string of the molecule is Cc1c[nH]c(=O)n1-c1ccc(C(=O)N2CCC(c3ccccc3)CC2)cc1. The van der Waals surface area contributed by atoms with Gasteiger partial charge in [-0.3, -0.25) is 9.36 Å². The van der Waals surface area contributed by atoms with E-state index in [2.05, 4.69) is 29.2 Å². The van der Waals surface area contributed by atoms with Gasteiger partial charge in [0.2, 0.25) is 0 Å². The molecule has 1 N–H and O–H groups in total. The van der Waals surface area contributed by atoms with Crippen LogP contribution in [0.4, 0.5) is 0 Å². The van der Waals surface area contributed by atoms with Crippen molar-refractivity contribution >= 4 is 5.91 Å². The van der Waals surface area contributed by atoms with Crippen LogP contribution in [0, 0.1) is 6.92 Å². The standard InChI is InChI=1S/C22H23N3O2/c1-16-15-23-22(27)25(16)20-9-7-19(8-10-20)21(26)24-13-11-18(12-14-24)17-5-3-2-4-6-17/h2-10,15,18H,11-14H2,1H3,(H,23,27). The number of H-pyrrole nitrogens is 1. The van der Waals surface area contributed by atoms with Crippen LogP contribution >= 0.6 is 0 Å². The summed E-state index contributed by atoms with van der Waals surface area (Å²) in [5.41, 5.74) is 3.45. The van der Waals surface area contributed by atoms with Crippen molar-refractivity contribution in [2.75, 3.05) is 13.1 Å². The van der Waals surface area contributed by atoms with E-state index in [1.165, 1.54) is 5.56 Å². The minimum absolute atomic E-state index is 0.0613. The molecule has 0 saturated carbocycles.